The molecule has 1 saturated heterocycles. The van der Waals surface area contributed by atoms with Crippen molar-refractivity contribution in [3.63, 3.8) is 0 Å². The fourth-order valence-corrected chi connectivity index (χ4v) is 6.64. The van der Waals surface area contributed by atoms with Crippen molar-refractivity contribution in [3.05, 3.63) is 23.3 Å². The van der Waals surface area contributed by atoms with Gasteiger partial charge in [0, 0.05) is 24.6 Å². The number of carbonyl (C=O) groups is 1. The van der Waals surface area contributed by atoms with E-state index in [4.69, 9.17) is 4.74 Å². The normalized spacial score (nSPS) is 40.7. The third kappa shape index (κ3) is 1.59. The van der Waals surface area contributed by atoms with E-state index in [-0.39, 0.29) is 17.6 Å². The fraction of sp³-hybridized carbons (Fsp3) is 0.667. The minimum absolute atomic E-state index is 0.0408. The van der Waals surface area contributed by atoms with Crippen molar-refractivity contribution >= 4 is 5.78 Å². The number of carbonyl (C=O) groups excluding carboxylic acids is 1. The van der Waals surface area contributed by atoms with E-state index >= 15 is 0 Å². The van der Waals surface area contributed by atoms with Crippen molar-refractivity contribution in [2.45, 2.75) is 68.1 Å². The number of aliphatic hydroxyl groups is 1. The van der Waals surface area contributed by atoms with Gasteiger partial charge in [-0.1, -0.05) is 12.5 Å². The third-order valence-electron chi connectivity index (χ3n) is 8.09. The van der Waals surface area contributed by atoms with Crippen molar-refractivity contribution in [1.82, 2.24) is 4.90 Å². The number of Topliss-reactive ketones (excluding diaryl/α,β-unsaturated/α-hetero) is 1. The molecule has 3 aliphatic carbocycles. The summed E-state index contributed by atoms with van der Waals surface area (Å²) in [5.74, 6) is 1.37. The SMILES string of the molecule is O=C1CC[C@@]2(O)[C@H]3Cc4ccc(O)c5c4[C@@]2(CCN3CC2CCC2)C1O5. The van der Waals surface area contributed by atoms with Gasteiger partial charge in [0.1, 0.15) is 0 Å². The van der Waals surface area contributed by atoms with Gasteiger partial charge < -0.3 is 14.9 Å². The molecular formula is C21H25NO4. The number of hydrogen-bond donors (Lipinski definition) is 2. The number of likely N-dealkylation sites (tertiary alicyclic amines) is 1. The molecule has 0 radical (unpaired) electrons. The molecule has 5 nitrogen and oxygen atoms in total. The van der Waals surface area contributed by atoms with E-state index in [1.165, 1.54) is 19.3 Å². The molecule has 0 aromatic heterocycles. The first-order valence-electron chi connectivity index (χ1n) is 10.1. The summed E-state index contributed by atoms with van der Waals surface area (Å²) in [7, 11) is 0. The number of aromatic hydroxyl groups is 1. The number of phenolic OH excluding ortho intramolecular Hbond substituents is 1. The summed E-state index contributed by atoms with van der Waals surface area (Å²) in [5.41, 5.74) is 0.449. The van der Waals surface area contributed by atoms with Crippen LogP contribution in [0.2, 0.25) is 0 Å². The Balaban J connectivity index is 1.53. The highest BCUT2D eigenvalue weighted by Crippen LogP contribution is 2.64. The Bertz CT molecular complexity index is 818. The summed E-state index contributed by atoms with van der Waals surface area (Å²) < 4.78 is 6.06. The van der Waals surface area contributed by atoms with Crippen LogP contribution in [0.5, 0.6) is 11.5 Å². The first-order chi connectivity index (χ1) is 12.5. The van der Waals surface area contributed by atoms with Gasteiger partial charge in [-0.25, -0.2) is 0 Å². The molecule has 2 N–H and O–H groups in total. The number of ether oxygens (including phenoxy) is 1. The van der Waals surface area contributed by atoms with E-state index in [0.717, 1.165) is 43.0 Å². The molecule has 2 heterocycles. The van der Waals surface area contributed by atoms with Crippen molar-refractivity contribution < 1.29 is 19.7 Å². The zero-order valence-electron chi connectivity index (χ0n) is 14.9. The highest BCUT2D eigenvalue weighted by molar-refractivity contribution is 5.90. The predicted octanol–water partition coefficient (Wildman–Crippen LogP) is 1.92. The van der Waals surface area contributed by atoms with Crippen LogP contribution in [0.3, 0.4) is 0 Å². The monoisotopic (exact) mass is 355 g/mol. The Morgan fingerprint density at radius 3 is 2.88 bits per heavy atom. The van der Waals surface area contributed by atoms with Crippen molar-refractivity contribution in [1.29, 1.82) is 0 Å². The Kier molecular flexibility index (Phi) is 2.86. The van der Waals surface area contributed by atoms with E-state index < -0.39 is 17.1 Å². The van der Waals surface area contributed by atoms with Crippen LogP contribution in [0.4, 0.5) is 0 Å². The Morgan fingerprint density at radius 2 is 2.12 bits per heavy atom. The fourth-order valence-electron chi connectivity index (χ4n) is 6.64. The molecule has 138 valence electrons. The molecule has 4 atom stereocenters. The zero-order chi connectivity index (χ0) is 17.7. The molecule has 5 aliphatic rings. The largest absolute Gasteiger partial charge is 0.504 e. The minimum atomic E-state index is -0.945. The van der Waals surface area contributed by atoms with Crippen LogP contribution >= 0.6 is 0 Å². The highest BCUT2D eigenvalue weighted by atomic mass is 16.5. The van der Waals surface area contributed by atoms with Gasteiger partial charge in [-0.3, -0.25) is 9.69 Å². The lowest BCUT2D eigenvalue weighted by Crippen LogP contribution is -2.76. The number of hydrogen-bond acceptors (Lipinski definition) is 5. The second kappa shape index (κ2) is 4.82. The van der Waals surface area contributed by atoms with Crippen LogP contribution in [0.25, 0.3) is 0 Å². The molecule has 3 fully saturated rings. The summed E-state index contributed by atoms with van der Waals surface area (Å²) in [6.07, 6.45) is 5.65. The minimum Gasteiger partial charge on any atom is -0.504 e. The Labute approximate surface area is 152 Å². The maximum atomic E-state index is 12.8. The van der Waals surface area contributed by atoms with Gasteiger partial charge in [0.2, 0.25) is 0 Å². The lowest BCUT2D eigenvalue weighted by molar-refractivity contribution is -0.190. The van der Waals surface area contributed by atoms with E-state index in [2.05, 4.69) is 4.90 Å². The summed E-state index contributed by atoms with van der Waals surface area (Å²) >= 11 is 0. The van der Waals surface area contributed by atoms with E-state index in [1.54, 1.807) is 6.07 Å². The van der Waals surface area contributed by atoms with Crippen LogP contribution in [0, 0.1) is 5.92 Å². The second-order valence-corrected chi connectivity index (χ2v) is 9.07. The molecule has 26 heavy (non-hydrogen) atoms. The Hall–Kier alpha value is -1.59. The predicted molar refractivity (Wildman–Crippen MR) is 94.4 cm³/mol. The van der Waals surface area contributed by atoms with Gasteiger partial charge in [0.25, 0.3) is 0 Å². The van der Waals surface area contributed by atoms with Crippen molar-refractivity contribution in [3.8, 4) is 11.5 Å². The lowest BCUT2D eigenvalue weighted by atomic mass is 9.49. The number of ketones is 1. The molecule has 0 amide bonds. The number of benzene rings is 1. The molecule has 2 saturated carbocycles. The van der Waals surface area contributed by atoms with E-state index in [9.17, 15) is 15.0 Å². The van der Waals surface area contributed by atoms with Gasteiger partial charge in [-0.15, -0.1) is 0 Å². The van der Waals surface area contributed by atoms with Gasteiger partial charge in [-0.05, 0) is 56.2 Å². The first kappa shape index (κ1) is 15.5. The quantitative estimate of drug-likeness (QED) is 0.848. The molecule has 2 aliphatic heterocycles. The van der Waals surface area contributed by atoms with Crippen LogP contribution in [0.1, 0.15) is 49.7 Å². The second-order valence-electron chi connectivity index (χ2n) is 9.07. The number of rotatable bonds is 2. The van der Waals surface area contributed by atoms with Gasteiger partial charge in [-0.2, -0.15) is 0 Å². The first-order valence-corrected chi connectivity index (χ1v) is 10.1. The van der Waals surface area contributed by atoms with Gasteiger partial charge in [0.15, 0.2) is 23.4 Å². The molecule has 1 spiro atoms. The van der Waals surface area contributed by atoms with Crippen LogP contribution in [0.15, 0.2) is 12.1 Å². The molecule has 5 heteroatoms. The van der Waals surface area contributed by atoms with Crippen LogP contribution < -0.4 is 4.74 Å². The van der Waals surface area contributed by atoms with E-state index in [1.807, 2.05) is 6.07 Å². The zero-order valence-corrected chi connectivity index (χ0v) is 14.9. The molecule has 1 aromatic rings. The summed E-state index contributed by atoms with van der Waals surface area (Å²) in [5, 5.41) is 22.4. The average molecular weight is 355 g/mol. The van der Waals surface area contributed by atoms with Gasteiger partial charge >= 0.3 is 0 Å². The number of piperidine rings is 1. The summed E-state index contributed by atoms with van der Waals surface area (Å²) in [6.45, 7) is 1.95. The molecule has 1 aromatic carbocycles. The third-order valence-corrected chi connectivity index (χ3v) is 8.09. The van der Waals surface area contributed by atoms with Crippen molar-refractivity contribution in [2.75, 3.05) is 13.1 Å². The smallest absolute Gasteiger partial charge is 0.174 e. The maximum absolute atomic E-state index is 12.8. The average Bonchev–Trinajstić information content (AvgIpc) is 2.93. The molecule has 6 rings (SSSR count). The standard InChI is InChI=1S/C21H25NO4/c23-14-5-4-13-10-16-21(25)7-6-15(24)19-20(21,17(13)18(14)26-19)8-9-22(16)11-12-2-1-3-12/h4-5,12,16,19,23,25H,1-3,6-11H2/t16-,19?,20+,21-/m1/s1. The van der Waals surface area contributed by atoms with Crippen LogP contribution in [-0.2, 0) is 16.6 Å². The maximum Gasteiger partial charge on any atom is 0.174 e. The molecular weight excluding hydrogens is 330 g/mol. The van der Waals surface area contributed by atoms with Gasteiger partial charge in [0.05, 0.1) is 11.0 Å². The number of nitrogens with zero attached hydrogens (tertiary/aromatic N) is 1. The number of phenols is 1. The Morgan fingerprint density at radius 1 is 1.27 bits per heavy atom. The van der Waals surface area contributed by atoms with Crippen LogP contribution in [-0.4, -0.2) is 51.7 Å². The highest BCUT2D eigenvalue weighted by Gasteiger charge is 2.73. The lowest BCUT2D eigenvalue weighted by Gasteiger charge is -2.63. The topological polar surface area (TPSA) is 70.0 Å². The summed E-state index contributed by atoms with van der Waals surface area (Å²) in [4.78, 5) is 15.3. The van der Waals surface area contributed by atoms with Crippen molar-refractivity contribution in [2.24, 2.45) is 5.92 Å². The van der Waals surface area contributed by atoms with E-state index in [0.29, 0.717) is 18.6 Å². The molecule has 1 unspecified atom stereocenters. The summed E-state index contributed by atoms with van der Waals surface area (Å²) in [6, 6.07) is 3.70. The molecule has 2 bridgehead atoms.